The lowest BCUT2D eigenvalue weighted by atomic mass is 9.99. The van der Waals surface area contributed by atoms with Crippen molar-refractivity contribution in [2.45, 2.75) is 32.6 Å². The van der Waals surface area contributed by atoms with E-state index in [4.69, 9.17) is 5.11 Å². The number of nitrogens with zero attached hydrogens (tertiary/aromatic N) is 1. The molecule has 16 heavy (non-hydrogen) atoms. The van der Waals surface area contributed by atoms with Crippen LogP contribution in [0.1, 0.15) is 32.6 Å². The van der Waals surface area contributed by atoms with Crippen molar-refractivity contribution < 1.29 is 14.7 Å². The summed E-state index contributed by atoms with van der Waals surface area (Å²) in [7, 11) is 0. The molecular weight excluding hydrogens is 206 g/mol. The van der Waals surface area contributed by atoms with E-state index in [9.17, 15) is 9.59 Å². The van der Waals surface area contributed by atoms with Crippen LogP contribution in [-0.4, -0.2) is 35.0 Å². The Labute approximate surface area is 95.6 Å². The number of aliphatic carboxylic acids is 1. The minimum absolute atomic E-state index is 0.0860. The third-order valence-electron chi connectivity index (χ3n) is 3.95. The average Bonchev–Trinajstić information content (AvgIpc) is 2.84. The van der Waals surface area contributed by atoms with Crippen LogP contribution in [0.4, 0.5) is 0 Å². The maximum atomic E-state index is 12.1. The second kappa shape index (κ2) is 4.44. The van der Waals surface area contributed by atoms with Crippen molar-refractivity contribution >= 4 is 11.9 Å². The van der Waals surface area contributed by atoms with Gasteiger partial charge in [0.25, 0.3) is 0 Å². The van der Waals surface area contributed by atoms with Gasteiger partial charge in [-0.1, -0.05) is 19.8 Å². The lowest BCUT2D eigenvalue weighted by Crippen LogP contribution is -2.34. The van der Waals surface area contributed by atoms with Crippen LogP contribution in [0.5, 0.6) is 0 Å². The van der Waals surface area contributed by atoms with Crippen LogP contribution in [0.3, 0.4) is 0 Å². The lowest BCUT2D eigenvalue weighted by Gasteiger charge is -2.20. The quantitative estimate of drug-likeness (QED) is 0.772. The number of carboxylic acid groups (broad SMARTS) is 1. The number of hydrogen-bond donors (Lipinski definition) is 1. The highest BCUT2D eigenvalue weighted by Gasteiger charge is 2.39. The molecule has 0 spiro atoms. The first kappa shape index (κ1) is 11.4. The van der Waals surface area contributed by atoms with Crippen molar-refractivity contribution in [1.29, 1.82) is 0 Å². The minimum Gasteiger partial charge on any atom is -0.481 e. The molecule has 1 amide bonds. The second-order valence-electron chi connectivity index (χ2n) is 5.15. The largest absolute Gasteiger partial charge is 0.481 e. The number of carbonyl (C=O) groups is 2. The first-order valence-corrected chi connectivity index (χ1v) is 6.11. The Morgan fingerprint density at radius 1 is 1.19 bits per heavy atom. The fourth-order valence-corrected chi connectivity index (χ4v) is 2.90. The van der Waals surface area contributed by atoms with Crippen molar-refractivity contribution in [2.75, 3.05) is 13.1 Å². The predicted octanol–water partition coefficient (Wildman–Crippen LogP) is 1.36. The van der Waals surface area contributed by atoms with Gasteiger partial charge in [-0.2, -0.15) is 0 Å². The molecule has 2 rings (SSSR count). The van der Waals surface area contributed by atoms with Crippen LogP contribution in [-0.2, 0) is 9.59 Å². The molecule has 1 aliphatic carbocycles. The van der Waals surface area contributed by atoms with Crippen LogP contribution in [0.15, 0.2) is 0 Å². The smallest absolute Gasteiger partial charge is 0.308 e. The lowest BCUT2D eigenvalue weighted by molar-refractivity contribution is -0.142. The van der Waals surface area contributed by atoms with Crippen LogP contribution < -0.4 is 0 Å². The standard InChI is InChI=1S/C12H19NO3/c1-8-6-13(7-10(8)12(15)16)11(14)9-4-2-3-5-9/h8-10H,2-7H2,1H3,(H,15,16). The van der Waals surface area contributed by atoms with Gasteiger partial charge in [0.05, 0.1) is 5.92 Å². The highest BCUT2D eigenvalue weighted by atomic mass is 16.4. The second-order valence-corrected chi connectivity index (χ2v) is 5.15. The summed E-state index contributed by atoms with van der Waals surface area (Å²) in [4.78, 5) is 24.8. The zero-order chi connectivity index (χ0) is 11.7. The fourth-order valence-electron chi connectivity index (χ4n) is 2.90. The molecule has 0 radical (unpaired) electrons. The molecular formula is C12H19NO3. The van der Waals surface area contributed by atoms with Crippen LogP contribution in [0.2, 0.25) is 0 Å². The molecule has 0 aromatic heterocycles. The van der Waals surface area contributed by atoms with Crippen molar-refractivity contribution in [3.8, 4) is 0 Å². The van der Waals surface area contributed by atoms with Crippen molar-refractivity contribution in [1.82, 2.24) is 4.90 Å². The van der Waals surface area contributed by atoms with E-state index in [2.05, 4.69) is 0 Å². The number of rotatable bonds is 2. The van der Waals surface area contributed by atoms with Gasteiger partial charge in [-0.05, 0) is 18.8 Å². The molecule has 1 heterocycles. The van der Waals surface area contributed by atoms with E-state index < -0.39 is 5.97 Å². The Morgan fingerprint density at radius 3 is 2.31 bits per heavy atom. The van der Waals surface area contributed by atoms with Gasteiger partial charge in [0, 0.05) is 19.0 Å². The highest BCUT2D eigenvalue weighted by molar-refractivity contribution is 5.81. The molecule has 1 N–H and O–H groups in total. The number of likely N-dealkylation sites (tertiary alicyclic amines) is 1. The Bertz CT molecular complexity index is 297. The number of carboxylic acids is 1. The summed E-state index contributed by atoms with van der Waals surface area (Å²) in [5, 5.41) is 9.01. The minimum atomic E-state index is -0.769. The molecule has 2 atom stereocenters. The fraction of sp³-hybridized carbons (Fsp3) is 0.833. The maximum Gasteiger partial charge on any atom is 0.308 e. The molecule has 1 saturated carbocycles. The van der Waals surface area contributed by atoms with Gasteiger partial charge in [-0.15, -0.1) is 0 Å². The van der Waals surface area contributed by atoms with E-state index in [0.29, 0.717) is 13.1 Å². The van der Waals surface area contributed by atoms with Crippen LogP contribution >= 0.6 is 0 Å². The number of hydrogen-bond acceptors (Lipinski definition) is 2. The van der Waals surface area contributed by atoms with E-state index in [1.807, 2.05) is 6.92 Å². The zero-order valence-electron chi connectivity index (χ0n) is 9.69. The normalized spacial score (nSPS) is 30.9. The Kier molecular flexibility index (Phi) is 3.17. The van der Waals surface area contributed by atoms with Crippen molar-refractivity contribution in [3.05, 3.63) is 0 Å². The first-order valence-electron chi connectivity index (χ1n) is 6.11. The molecule has 2 fully saturated rings. The van der Waals surface area contributed by atoms with Gasteiger partial charge in [0.15, 0.2) is 0 Å². The molecule has 4 nitrogen and oxygen atoms in total. The van der Waals surface area contributed by atoms with Crippen LogP contribution in [0.25, 0.3) is 0 Å². The Hall–Kier alpha value is -1.06. The SMILES string of the molecule is CC1CN(C(=O)C2CCCC2)CC1C(=O)O. The molecule has 0 aromatic carbocycles. The van der Waals surface area contributed by atoms with E-state index >= 15 is 0 Å². The molecule has 2 unspecified atom stereocenters. The van der Waals surface area contributed by atoms with Crippen molar-refractivity contribution in [3.63, 3.8) is 0 Å². The summed E-state index contributed by atoms with van der Waals surface area (Å²) in [6, 6.07) is 0. The molecule has 0 aromatic rings. The molecule has 1 aliphatic heterocycles. The summed E-state index contributed by atoms with van der Waals surface area (Å²) in [6.45, 7) is 2.94. The van der Waals surface area contributed by atoms with E-state index in [-0.39, 0.29) is 23.7 Å². The van der Waals surface area contributed by atoms with Crippen LogP contribution in [0, 0.1) is 17.8 Å². The highest BCUT2D eigenvalue weighted by Crippen LogP contribution is 2.30. The van der Waals surface area contributed by atoms with Gasteiger partial charge in [0.2, 0.25) is 5.91 Å². The summed E-state index contributed by atoms with van der Waals surface area (Å²) < 4.78 is 0. The van der Waals surface area contributed by atoms with E-state index in [0.717, 1.165) is 25.7 Å². The third kappa shape index (κ3) is 2.06. The van der Waals surface area contributed by atoms with Gasteiger partial charge >= 0.3 is 5.97 Å². The Morgan fingerprint density at radius 2 is 1.81 bits per heavy atom. The maximum absolute atomic E-state index is 12.1. The summed E-state index contributed by atoms with van der Waals surface area (Å²) >= 11 is 0. The molecule has 4 heteroatoms. The van der Waals surface area contributed by atoms with E-state index in [1.165, 1.54) is 0 Å². The van der Waals surface area contributed by atoms with Crippen molar-refractivity contribution in [2.24, 2.45) is 17.8 Å². The third-order valence-corrected chi connectivity index (χ3v) is 3.95. The van der Waals surface area contributed by atoms with Gasteiger partial charge in [-0.25, -0.2) is 0 Å². The molecule has 2 aliphatic rings. The molecule has 90 valence electrons. The Balaban J connectivity index is 1.96. The summed E-state index contributed by atoms with van der Waals surface area (Å²) in [5.74, 6) is -0.699. The summed E-state index contributed by atoms with van der Waals surface area (Å²) in [6.07, 6.45) is 4.26. The first-order chi connectivity index (χ1) is 7.59. The molecule has 0 bridgehead atoms. The number of amides is 1. The van der Waals surface area contributed by atoms with E-state index in [1.54, 1.807) is 4.90 Å². The summed E-state index contributed by atoms with van der Waals surface area (Å²) in [5.41, 5.74) is 0. The van der Waals surface area contributed by atoms with Gasteiger partial charge < -0.3 is 10.0 Å². The molecule has 1 saturated heterocycles. The zero-order valence-corrected chi connectivity index (χ0v) is 9.69. The van der Waals surface area contributed by atoms with Gasteiger partial charge in [-0.3, -0.25) is 9.59 Å². The van der Waals surface area contributed by atoms with Gasteiger partial charge in [0.1, 0.15) is 0 Å². The average molecular weight is 225 g/mol. The monoisotopic (exact) mass is 225 g/mol. The number of carbonyl (C=O) groups excluding carboxylic acids is 1. The predicted molar refractivity (Wildman–Crippen MR) is 58.8 cm³/mol. The topological polar surface area (TPSA) is 57.6 Å².